The van der Waals surface area contributed by atoms with Crippen molar-refractivity contribution < 1.29 is 34.5 Å². The van der Waals surface area contributed by atoms with Crippen LogP contribution in [0.1, 0.15) is 22.6 Å². The molecule has 1 aromatic heterocycles. The van der Waals surface area contributed by atoms with Crippen LogP contribution in [0.25, 0.3) is 17.1 Å². The third-order valence-electron chi connectivity index (χ3n) is 5.75. The van der Waals surface area contributed by atoms with Crippen molar-refractivity contribution in [2.24, 2.45) is 5.90 Å². The Morgan fingerprint density at radius 1 is 1.08 bits per heavy atom. The molecule has 0 spiro atoms. The smallest absolute Gasteiger partial charge is 0.355 e. The molecule has 2 unspecified atom stereocenters. The number of carbonyl (C=O) groups excluding carboxylic acids is 2. The second-order valence-electron chi connectivity index (χ2n) is 7.88. The van der Waals surface area contributed by atoms with Crippen molar-refractivity contribution in [3.63, 3.8) is 0 Å². The lowest BCUT2D eigenvalue weighted by molar-refractivity contribution is -0.139. The summed E-state index contributed by atoms with van der Waals surface area (Å²) >= 11 is 0.957. The van der Waals surface area contributed by atoms with Crippen LogP contribution >= 0.6 is 20.6 Å². The molecule has 1 aliphatic heterocycles. The zero-order valence-electron chi connectivity index (χ0n) is 19.0. The Labute approximate surface area is 210 Å². The van der Waals surface area contributed by atoms with E-state index in [0.717, 1.165) is 17.4 Å². The first kappa shape index (κ1) is 25.2. The third-order valence-corrected chi connectivity index (χ3v) is 7.42. The number of rotatable bonds is 4. The molecule has 2 aromatic carbocycles. The van der Waals surface area contributed by atoms with Gasteiger partial charge in [-0.15, -0.1) is 11.3 Å². The van der Waals surface area contributed by atoms with E-state index in [4.69, 9.17) is 10.6 Å². The molecular weight excluding hydrogens is 507 g/mol. The summed E-state index contributed by atoms with van der Waals surface area (Å²) in [6.07, 6.45) is 1.40. The number of phenols is 3. The van der Waals surface area contributed by atoms with Gasteiger partial charge in [-0.25, -0.2) is 9.59 Å². The standard InChI is InChI=1S/C24H21N2O8PS/c1-10-7-12(27)5-6-14(10)17-18(24(32)34-25)21(35)26-20(30)16(36-22(26)19(17)23(31)33-2)8-11-3-4-13(28)9-15(11)29/h3-9,17,27-29H,25,35H2,1-2H3/b16-8+. The number of carbonyl (C=O) groups is 2. The molecule has 0 amide bonds. The van der Waals surface area contributed by atoms with Gasteiger partial charge >= 0.3 is 11.9 Å². The topological polar surface area (TPSA) is 161 Å². The lowest BCUT2D eigenvalue weighted by atomic mass is 9.82. The van der Waals surface area contributed by atoms with Crippen LogP contribution in [0.2, 0.25) is 0 Å². The van der Waals surface area contributed by atoms with Crippen LogP contribution in [-0.2, 0) is 19.2 Å². The second kappa shape index (κ2) is 9.62. The highest BCUT2D eigenvalue weighted by atomic mass is 32.1. The highest BCUT2D eigenvalue weighted by Gasteiger charge is 2.40. The number of aromatic nitrogens is 1. The molecule has 0 radical (unpaired) electrons. The molecule has 36 heavy (non-hydrogen) atoms. The van der Waals surface area contributed by atoms with E-state index < -0.39 is 23.4 Å². The molecule has 1 aliphatic rings. The summed E-state index contributed by atoms with van der Waals surface area (Å²) in [7, 11) is 3.50. The summed E-state index contributed by atoms with van der Waals surface area (Å²) in [5, 5.41) is 29.6. The molecule has 0 saturated carbocycles. The van der Waals surface area contributed by atoms with Gasteiger partial charge in [0, 0.05) is 11.6 Å². The third kappa shape index (κ3) is 4.17. The van der Waals surface area contributed by atoms with Crippen LogP contribution in [0, 0.1) is 6.92 Å². The minimum absolute atomic E-state index is 0.00503. The average molecular weight is 528 g/mol. The van der Waals surface area contributed by atoms with Crippen molar-refractivity contribution in [2.45, 2.75) is 12.8 Å². The molecule has 4 rings (SSSR count). The maximum absolute atomic E-state index is 13.5. The van der Waals surface area contributed by atoms with Gasteiger partial charge in [0.15, 0.2) is 0 Å². The molecule has 0 bridgehead atoms. The van der Waals surface area contributed by atoms with Gasteiger partial charge in [0.1, 0.15) is 21.9 Å². The number of esters is 1. The lowest BCUT2D eigenvalue weighted by Crippen LogP contribution is -2.38. The Morgan fingerprint density at radius 2 is 1.75 bits per heavy atom. The molecule has 2 atom stereocenters. The Kier molecular flexibility index (Phi) is 6.73. The van der Waals surface area contributed by atoms with Gasteiger partial charge in [0.2, 0.25) is 0 Å². The quantitative estimate of drug-likeness (QED) is 0.218. The number of phenolic OH excluding ortho intramolecular Hbond substituents is 3. The molecule has 3 aromatic rings. The fraction of sp³-hybridized carbons (Fsp3) is 0.125. The number of hydrogen-bond acceptors (Lipinski definition) is 10. The number of benzene rings is 2. The molecular formula is C24H21N2O8PS. The number of aryl methyl sites for hydroxylation is 1. The normalized spacial score (nSPS) is 15.6. The molecule has 10 nitrogen and oxygen atoms in total. The Balaban J connectivity index is 2.15. The van der Waals surface area contributed by atoms with E-state index in [1.54, 1.807) is 13.0 Å². The van der Waals surface area contributed by atoms with Gasteiger partial charge in [-0.3, -0.25) is 9.36 Å². The number of aromatic hydroxyl groups is 3. The first-order valence-corrected chi connectivity index (χ1v) is 11.8. The van der Waals surface area contributed by atoms with Crippen LogP contribution < -0.4 is 20.7 Å². The summed E-state index contributed by atoms with van der Waals surface area (Å²) in [4.78, 5) is 44.0. The number of hydrogen-bond donors (Lipinski definition) is 4. The predicted octanol–water partition coefficient (Wildman–Crippen LogP) is 0.746. The molecule has 5 N–H and O–H groups in total. The van der Waals surface area contributed by atoms with Crippen molar-refractivity contribution in [3.8, 4) is 17.2 Å². The van der Waals surface area contributed by atoms with Gasteiger partial charge < -0.3 is 24.9 Å². The molecule has 186 valence electrons. The van der Waals surface area contributed by atoms with E-state index in [2.05, 4.69) is 14.1 Å². The monoisotopic (exact) mass is 528 g/mol. The number of fused-ring (bicyclic) bond motifs is 1. The minimum Gasteiger partial charge on any atom is -0.508 e. The lowest BCUT2D eigenvalue weighted by Gasteiger charge is -2.27. The zero-order chi connectivity index (χ0) is 26.3. The van der Waals surface area contributed by atoms with Crippen LogP contribution in [0.15, 0.2) is 46.8 Å². The van der Waals surface area contributed by atoms with E-state index in [1.165, 1.54) is 42.0 Å². The van der Waals surface area contributed by atoms with E-state index in [1.807, 2.05) is 0 Å². The summed E-state index contributed by atoms with van der Waals surface area (Å²) < 4.78 is 6.54. The van der Waals surface area contributed by atoms with Crippen molar-refractivity contribution >= 4 is 49.6 Å². The Bertz CT molecular complexity index is 1640. The summed E-state index contributed by atoms with van der Waals surface area (Å²) in [5.41, 5.74) is 0.763. The first-order valence-electron chi connectivity index (χ1n) is 10.4. The second-order valence-corrected chi connectivity index (χ2v) is 9.46. The van der Waals surface area contributed by atoms with Crippen LogP contribution in [0.4, 0.5) is 0 Å². The molecule has 0 fully saturated rings. The molecule has 12 heteroatoms. The Morgan fingerprint density at radius 3 is 2.36 bits per heavy atom. The summed E-state index contributed by atoms with van der Waals surface area (Å²) in [6, 6.07) is 8.35. The molecule has 0 saturated heterocycles. The molecule has 2 heterocycles. The van der Waals surface area contributed by atoms with Gasteiger partial charge in [-0.1, -0.05) is 15.3 Å². The van der Waals surface area contributed by atoms with E-state index in [-0.39, 0.29) is 48.6 Å². The highest BCUT2D eigenvalue weighted by Crippen LogP contribution is 2.42. The van der Waals surface area contributed by atoms with Crippen LogP contribution in [-0.4, -0.2) is 38.9 Å². The number of ether oxygens (including phenoxy) is 1. The van der Waals surface area contributed by atoms with E-state index in [9.17, 15) is 29.7 Å². The maximum atomic E-state index is 13.5. The van der Waals surface area contributed by atoms with Crippen molar-refractivity contribution in [2.75, 3.05) is 7.11 Å². The van der Waals surface area contributed by atoms with Gasteiger partial charge in [-0.05, 0) is 48.4 Å². The van der Waals surface area contributed by atoms with Crippen molar-refractivity contribution in [1.82, 2.24) is 4.57 Å². The van der Waals surface area contributed by atoms with Crippen molar-refractivity contribution in [3.05, 3.63) is 78.2 Å². The number of methoxy groups -OCH3 is 1. The number of thiazole rings is 1. The maximum Gasteiger partial charge on any atom is 0.355 e. The zero-order valence-corrected chi connectivity index (χ0v) is 21.0. The SMILES string of the molecule is COC(=O)C1=c2s/c(=C/c3ccc(O)cc3O)c(=O)n2C(P)=C(C(=O)ON)C1c1ccc(O)cc1C. The number of nitrogens with zero attached hydrogens (tertiary/aromatic N) is 1. The summed E-state index contributed by atoms with van der Waals surface area (Å²) in [5.74, 6) is 2.01. The highest BCUT2D eigenvalue weighted by molar-refractivity contribution is 7.30. The number of nitrogens with two attached hydrogens (primary N) is 1. The largest absolute Gasteiger partial charge is 0.508 e. The summed E-state index contributed by atoms with van der Waals surface area (Å²) in [6.45, 7) is 1.70. The fourth-order valence-electron chi connectivity index (χ4n) is 4.11. The van der Waals surface area contributed by atoms with Crippen LogP contribution in [0.5, 0.6) is 17.2 Å². The van der Waals surface area contributed by atoms with Crippen LogP contribution in [0.3, 0.4) is 0 Å². The van der Waals surface area contributed by atoms with Crippen molar-refractivity contribution in [1.29, 1.82) is 0 Å². The van der Waals surface area contributed by atoms with Gasteiger partial charge in [-0.2, -0.15) is 5.90 Å². The minimum atomic E-state index is -1.03. The predicted molar refractivity (Wildman–Crippen MR) is 135 cm³/mol. The fourth-order valence-corrected chi connectivity index (χ4v) is 5.89. The van der Waals surface area contributed by atoms with E-state index >= 15 is 0 Å². The molecule has 0 aliphatic carbocycles. The average Bonchev–Trinajstić information content (AvgIpc) is 3.15. The Hall–Kier alpha value is -3.92. The van der Waals surface area contributed by atoms with E-state index in [0.29, 0.717) is 11.1 Å². The van der Waals surface area contributed by atoms with Gasteiger partial charge in [0.25, 0.3) is 5.56 Å². The first-order chi connectivity index (χ1) is 17.1. The van der Waals surface area contributed by atoms with Gasteiger partial charge in [0.05, 0.1) is 34.1 Å².